The molecule has 0 aliphatic carbocycles. The van der Waals surface area contributed by atoms with E-state index in [-0.39, 0.29) is 6.04 Å². The number of unbranched alkanes of at least 4 members (excludes halogenated alkanes) is 1. The molecule has 1 aromatic carbocycles. The quantitative estimate of drug-likeness (QED) is 0.719. The third-order valence-electron chi connectivity index (χ3n) is 3.87. The number of benzene rings is 1. The van der Waals surface area contributed by atoms with Crippen LogP contribution in [0.15, 0.2) is 18.2 Å². The SMILES string of the molecule is CCCCC(CC)COCC(N)c1cc(C)cc(C)c1. The van der Waals surface area contributed by atoms with Crippen LogP contribution in [0, 0.1) is 19.8 Å². The van der Waals surface area contributed by atoms with Gasteiger partial charge in [-0.15, -0.1) is 0 Å². The summed E-state index contributed by atoms with van der Waals surface area (Å²) in [7, 11) is 0. The zero-order chi connectivity index (χ0) is 15.0. The summed E-state index contributed by atoms with van der Waals surface area (Å²) in [5, 5.41) is 0. The van der Waals surface area contributed by atoms with Gasteiger partial charge in [-0.3, -0.25) is 0 Å². The average Bonchev–Trinajstić information content (AvgIpc) is 2.41. The van der Waals surface area contributed by atoms with E-state index >= 15 is 0 Å². The van der Waals surface area contributed by atoms with Crippen LogP contribution in [0.4, 0.5) is 0 Å². The molecule has 114 valence electrons. The van der Waals surface area contributed by atoms with E-state index in [1.807, 2.05) is 0 Å². The first kappa shape index (κ1) is 17.2. The Kier molecular flexibility index (Phi) is 7.86. The van der Waals surface area contributed by atoms with Gasteiger partial charge >= 0.3 is 0 Å². The van der Waals surface area contributed by atoms with Crippen molar-refractivity contribution in [2.75, 3.05) is 13.2 Å². The molecule has 0 spiro atoms. The van der Waals surface area contributed by atoms with Crippen LogP contribution in [0.25, 0.3) is 0 Å². The Balaban J connectivity index is 2.40. The topological polar surface area (TPSA) is 35.2 Å². The number of rotatable bonds is 9. The molecule has 2 N–H and O–H groups in total. The largest absolute Gasteiger partial charge is 0.379 e. The minimum absolute atomic E-state index is 0.0164. The lowest BCUT2D eigenvalue weighted by molar-refractivity contribution is 0.0837. The van der Waals surface area contributed by atoms with E-state index < -0.39 is 0 Å². The molecule has 1 rings (SSSR count). The summed E-state index contributed by atoms with van der Waals surface area (Å²) in [6, 6.07) is 6.48. The van der Waals surface area contributed by atoms with Crippen molar-refractivity contribution in [3.8, 4) is 0 Å². The number of nitrogens with two attached hydrogens (primary N) is 1. The Morgan fingerprint density at radius 1 is 1.05 bits per heavy atom. The van der Waals surface area contributed by atoms with Gasteiger partial charge in [-0.2, -0.15) is 0 Å². The highest BCUT2D eigenvalue weighted by molar-refractivity contribution is 5.30. The smallest absolute Gasteiger partial charge is 0.0659 e. The van der Waals surface area contributed by atoms with Crippen LogP contribution in [0.2, 0.25) is 0 Å². The van der Waals surface area contributed by atoms with Crippen LogP contribution in [0.1, 0.15) is 62.3 Å². The fourth-order valence-electron chi connectivity index (χ4n) is 2.58. The van der Waals surface area contributed by atoms with Crippen molar-refractivity contribution in [1.29, 1.82) is 0 Å². The van der Waals surface area contributed by atoms with E-state index in [4.69, 9.17) is 10.5 Å². The molecular formula is C18H31NO. The Morgan fingerprint density at radius 2 is 1.70 bits per heavy atom. The minimum Gasteiger partial charge on any atom is -0.379 e. The molecule has 2 nitrogen and oxygen atoms in total. The number of hydrogen-bond acceptors (Lipinski definition) is 2. The molecule has 0 saturated heterocycles. The summed E-state index contributed by atoms with van der Waals surface area (Å²) in [4.78, 5) is 0. The van der Waals surface area contributed by atoms with Gasteiger partial charge in [-0.05, 0) is 31.7 Å². The molecule has 0 amide bonds. The summed E-state index contributed by atoms with van der Waals surface area (Å²) in [6.07, 6.45) is 5.02. The maximum atomic E-state index is 6.24. The van der Waals surface area contributed by atoms with Crippen LogP contribution in [-0.2, 0) is 4.74 Å². The van der Waals surface area contributed by atoms with Gasteiger partial charge in [0, 0.05) is 6.61 Å². The third kappa shape index (κ3) is 6.06. The van der Waals surface area contributed by atoms with Crippen molar-refractivity contribution in [1.82, 2.24) is 0 Å². The zero-order valence-electron chi connectivity index (χ0n) is 13.6. The molecule has 0 fully saturated rings. The van der Waals surface area contributed by atoms with E-state index in [0.29, 0.717) is 12.5 Å². The van der Waals surface area contributed by atoms with Crippen molar-refractivity contribution in [2.45, 2.75) is 59.4 Å². The number of hydrogen-bond donors (Lipinski definition) is 1. The molecule has 2 atom stereocenters. The van der Waals surface area contributed by atoms with Crippen LogP contribution < -0.4 is 5.73 Å². The normalized spacial score (nSPS) is 14.2. The third-order valence-corrected chi connectivity index (χ3v) is 3.87. The first-order chi connectivity index (χ1) is 9.56. The predicted octanol–water partition coefficient (Wildman–Crippen LogP) is 4.54. The Labute approximate surface area is 124 Å². The van der Waals surface area contributed by atoms with Gasteiger partial charge in [0.15, 0.2) is 0 Å². The molecule has 0 aliphatic heterocycles. The van der Waals surface area contributed by atoms with E-state index in [9.17, 15) is 0 Å². The molecule has 20 heavy (non-hydrogen) atoms. The van der Waals surface area contributed by atoms with Gasteiger partial charge in [-0.1, -0.05) is 62.4 Å². The van der Waals surface area contributed by atoms with Crippen LogP contribution in [-0.4, -0.2) is 13.2 Å². The van der Waals surface area contributed by atoms with E-state index in [0.717, 1.165) is 6.61 Å². The van der Waals surface area contributed by atoms with E-state index in [1.54, 1.807) is 0 Å². The molecule has 0 aromatic heterocycles. The minimum atomic E-state index is -0.0164. The van der Waals surface area contributed by atoms with Crippen LogP contribution in [0.3, 0.4) is 0 Å². The second-order valence-electron chi connectivity index (χ2n) is 5.98. The lowest BCUT2D eigenvalue weighted by Gasteiger charge is -2.18. The molecule has 0 radical (unpaired) electrons. The standard InChI is InChI=1S/C18H31NO/c1-5-7-8-16(6-2)12-20-13-18(19)17-10-14(3)9-15(4)11-17/h9-11,16,18H,5-8,12-13,19H2,1-4H3. The van der Waals surface area contributed by atoms with Crippen molar-refractivity contribution >= 4 is 0 Å². The van der Waals surface area contributed by atoms with Gasteiger partial charge < -0.3 is 10.5 Å². The van der Waals surface area contributed by atoms with Gasteiger partial charge in [0.25, 0.3) is 0 Å². The fourth-order valence-corrected chi connectivity index (χ4v) is 2.58. The lowest BCUT2D eigenvalue weighted by atomic mass is 10.0. The zero-order valence-corrected chi connectivity index (χ0v) is 13.6. The Morgan fingerprint density at radius 3 is 2.25 bits per heavy atom. The van der Waals surface area contributed by atoms with Crippen LogP contribution >= 0.6 is 0 Å². The van der Waals surface area contributed by atoms with E-state index in [2.05, 4.69) is 45.9 Å². The molecule has 0 aliphatic rings. The summed E-state index contributed by atoms with van der Waals surface area (Å²) >= 11 is 0. The maximum absolute atomic E-state index is 6.24. The number of aryl methyl sites for hydroxylation is 2. The first-order valence-electron chi connectivity index (χ1n) is 7.98. The molecule has 2 heteroatoms. The second kappa shape index (κ2) is 9.15. The molecule has 0 bridgehead atoms. The summed E-state index contributed by atoms with van der Waals surface area (Å²) in [5.74, 6) is 0.682. The highest BCUT2D eigenvalue weighted by atomic mass is 16.5. The highest BCUT2D eigenvalue weighted by Crippen LogP contribution is 2.17. The summed E-state index contributed by atoms with van der Waals surface area (Å²) < 4.78 is 5.85. The van der Waals surface area contributed by atoms with Gasteiger partial charge in [0.1, 0.15) is 0 Å². The molecule has 0 saturated carbocycles. The Hall–Kier alpha value is -0.860. The maximum Gasteiger partial charge on any atom is 0.0659 e. The molecule has 2 unspecified atom stereocenters. The first-order valence-corrected chi connectivity index (χ1v) is 7.98. The average molecular weight is 277 g/mol. The summed E-state index contributed by atoms with van der Waals surface area (Å²) in [6.45, 7) is 10.2. The van der Waals surface area contributed by atoms with Crippen molar-refractivity contribution in [2.24, 2.45) is 11.7 Å². The Bertz CT molecular complexity index is 369. The van der Waals surface area contributed by atoms with Crippen molar-refractivity contribution in [3.63, 3.8) is 0 Å². The van der Waals surface area contributed by atoms with Gasteiger partial charge in [0.05, 0.1) is 12.6 Å². The predicted molar refractivity (Wildman–Crippen MR) is 87.0 cm³/mol. The summed E-state index contributed by atoms with van der Waals surface area (Å²) in [5.41, 5.74) is 9.96. The number of ether oxygens (including phenoxy) is 1. The van der Waals surface area contributed by atoms with Gasteiger partial charge in [-0.25, -0.2) is 0 Å². The fraction of sp³-hybridized carbons (Fsp3) is 0.667. The monoisotopic (exact) mass is 277 g/mol. The molecular weight excluding hydrogens is 246 g/mol. The second-order valence-corrected chi connectivity index (χ2v) is 5.98. The van der Waals surface area contributed by atoms with Crippen LogP contribution in [0.5, 0.6) is 0 Å². The van der Waals surface area contributed by atoms with Crippen molar-refractivity contribution in [3.05, 3.63) is 34.9 Å². The molecule has 0 heterocycles. The van der Waals surface area contributed by atoms with Gasteiger partial charge in [0.2, 0.25) is 0 Å². The van der Waals surface area contributed by atoms with E-state index in [1.165, 1.54) is 42.4 Å². The highest BCUT2D eigenvalue weighted by Gasteiger charge is 2.10. The van der Waals surface area contributed by atoms with Crippen molar-refractivity contribution < 1.29 is 4.74 Å². The molecule has 1 aromatic rings. The lowest BCUT2D eigenvalue weighted by Crippen LogP contribution is -2.20.